The number of carbonyl (C=O) groups excluding carboxylic acids is 1. The average Bonchev–Trinajstić information content (AvgIpc) is 2.35. The van der Waals surface area contributed by atoms with Crippen LogP contribution in [-0.4, -0.2) is 34.4 Å². The number of rotatable bonds is 1. The van der Waals surface area contributed by atoms with Gasteiger partial charge in [0, 0.05) is 34.8 Å². The fraction of sp³-hybridized carbons (Fsp3) is 0.500. The van der Waals surface area contributed by atoms with E-state index in [2.05, 4.69) is 13.8 Å². The summed E-state index contributed by atoms with van der Waals surface area (Å²) in [6, 6.07) is 5.81. The molecular weight excluding hydrogens is 280 g/mol. The smallest absolute Gasteiger partial charge is 0.254 e. The van der Waals surface area contributed by atoms with Crippen molar-refractivity contribution in [3.63, 3.8) is 0 Å². The van der Waals surface area contributed by atoms with Gasteiger partial charge < -0.3 is 10.6 Å². The predicted molar refractivity (Wildman–Crippen MR) is 85.3 cm³/mol. The highest BCUT2D eigenvalue weighted by molar-refractivity contribution is 8.00. The van der Waals surface area contributed by atoms with Gasteiger partial charge in [-0.1, -0.05) is 13.0 Å². The highest BCUT2D eigenvalue weighted by atomic mass is 35.5. The number of nitrogens with two attached hydrogens (primary N) is 1. The van der Waals surface area contributed by atoms with Crippen LogP contribution in [0.4, 0.5) is 5.69 Å². The van der Waals surface area contributed by atoms with E-state index in [1.54, 1.807) is 6.07 Å². The van der Waals surface area contributed by atoms with Crippen LogP contribution in [-0.2, 0) is 0 Å². The molecular formula is C14H21ClN2OS. The van der Waals surface area contributed by atoms with Crippen molar-refractivity contribution < 1.29 is 4.79 Å². The molecule has 3 nitrogen and oxygen atoms in total. The Morgan fingerprint density at radius 2 is 2.11 bits per heavy atom. The molecule has 1 saturated heterocycles. The lowest BCUT2D eigenvalue weighted by atomic mass is 10.0. The highest BCUT2D eigenvalue weighted by Crippen LogP contribution is 2.26. The van der Waals surface area contributed by atoms with Gasteiger partial charge in [-0.2, -0.15) is 11.8 Å². The molecule has 1 amide bonds. The summed E-state index contributed by atoms with van der Waals surface area (Å²) in [5.74, 6) is 1.12. The molecule has 19 heavy (non-hydrogen) atoms. The maximum Gasteiger partial charge on any atom is 0.254 e. The molecule has 1 heterocycles. The zero-order chi connectivity index (χ0) is 13.3. The van der Waals surface area contributed by atoms with E-state index in [0.717, 1.165) is 23.4 Å². The van der Waals surface area contributed by atoms with Crippen LogP contribution >= 0.6 is 24.2 Å². The Bertz CT molecular complexity index is 467. The first-order valence-electron chi connectivity index (χ1n) is 6.29. The highest BCUT2D eigenvalue weighted by Gasteiger charge is 2.30. The molecule has 2 rings (SSSR count). The van der Waals surface area contributed by atoms with E-state index >= 15 is 0 Å². The number of hydrogen-bond acceptors (Lipinski definition) is 3. The van der Waals surface area contributed by atoms with Gasteiger partial charge in [-0.3, -0.25) is 4.79 Å². The van der Waals surface area contributed by atoms with Crippen LogP contribution < -0.4 is 5.73 Å². The first-order chi connectivity index (χ1) is 8.50. The summed E-state index contributed by atoms with van der Waals surface area (Å²) in [6.07, 6.45) is 0. The number of anilines is 1. The quantitative estimate of drug-likeness (QED) is 0.811. The van der Waals surface area contributed by atoms with Gasteiger partial charge in [-0.05, 0) is 31.5 Å². The monoisotopic (exact) mass is 300 g/mol. The molecule has 106 valence electrons. The van der Waals surface area contributed by atoms with Crippen molar-refractivity contribution in [1.82, 2.24) is 4.90 Å². The molecule has 0 aromatic heterocycles. The van der Waals surface area contributed by atoms with Crippen molar-refractivity contribution in [2.75, 3.05) is 18.0 Å². The maximum atomic E-state index is 12.6. The first kappa shape index (κ1) is 16.2. The van der Waals surface area contributed by atoms with Gasteiger partial charge >= 0.3 is 0 Å². The summed E-state index contributed by atoms with van der Waals surface area (Å²) in [6.45, 7) is 7.08. The molecule has 0 spiro atoms. The van der Waals surface area contributed by atoms with Crippen LogP contribution in [0.3, 0.4) is 0 Å². The molecule has 1 aromatic rings. The second kappa shape index (κ2) is 6.53. The summed E-state index contributed by atoms with van der Waals surface area (Å²) in [5.41, 5.74) is 8.16. The minimum Gasteiger partial charge on any atom is -0.399 e. The van der Waals surface area contributed by atoms with Crippen LogP contribution in [0.15, 0.2) is 18.2 Å². The zero-order valence-electron chi connectivity index (χ0n) is 11.6. The van der Waals surface area contributed by atoms with Crippen LogP contribution in [0.2, 0.25) is 0 Å². The lowest BCUT2D eigenvalue weighted by molar-refractivity contribution is 0.0697. The lowest BCUT2D eigenvalue weighted by Crippen LogP contribution is -2.48. The second-order valence-electron chi connectivity index (χ2n) is 4.89. The fourth-order valence-electron chi connectivity index (χ4n) is 2.24. The van der Waals surface area contributed by atoms with E-state index in [4.69, 9.17) is 5.73 Å². The molecule has 2 unspecified atom stereocenters. The third-order valence-corrected chi connectivity index (χ3v) is 4.97. The Kier molecular flexibility index (Phi) is 5.56. The topological polar surface area (TPSA) is 46.3 Å². The van der Waals surface area contributed by atoms with Gasteiger partial charge in [0.2, 0.25) is 0 Å². The van der Waals surface area contributed by atoms with E-state index in [-0.39, 0.29) is 24.4 Å². The van der Waals surface area contributed by atoms with Crippen LogP contribution in [0.25, 0.3) is 0 Å². The number of thioether (sulfide) groups is 1. The molecule has 0 saturated carbocycles. The normalized spacial score (nSPS) is 22.8. The third-order valence-electron chi connectivity index (χ3n) is 3.64. The molecule has 1 aliphatic rings. The molecule has 0 bridgehead atoms. The minimum absolute atomic E-state index is 0. The summed E-state index contributed by atoms with van der Waals surface area (Å²) < 4.78 is 0. The molecule has 0 aliphatic carbocycles. The minimum atomic E-state index is 0. The molecule has 5 heteroatoms. The van der Waals surface area contributed by atoms with Crippen molar-refractivity contribution in [1.29, 1.82) is 0 Å². The van der Waals surface area contributed by atoms with Crippen molar-refractivity contribution in [3.05, 3.63) is 29.3 Å². The van der Waals surface area contributed by atoms with E-state index in [1.807, 2.05) is 35.7 Å². The number of amides is 1. The number of halogens is 1. The Balaban J connectivity index is 0.00000180. The molecule has 1 aromatic carbocycles. The maximum absolute atomic E-state index is 12.6. The summed E-state index contributed by atoms with van der Waals surface area (Å²) in [5, 5.41) is 0.490. The van der Waals surface area contributed by atoms with Crippen LogP contribution in [0, 0.1) is 6.92 Å². The third kappa shape index (κ3) is 3.37. The Labute approximate surface area is 125 Å². The summed E-state index contributed by atoms with van der Waals surface area (Å²) in [7, 11) is 0. The van der Waals surface area contributed by atoms with Gasteiger partial charge in [-0.25, -0.2) is 0 Å². The second-order valence-corrected chi connectivity index (χ2v) is 6.37. The largest absolute Gasteiger partial charge is 0.399 e. The van der Waals surface area contributed by atoms with Crippen molar-refractivity contribution >= 4 is 35.8 Å². The molecule has 2 N–H and O–H groups in total. The van der Waals surface area contributed by atoms with E-state index in [1.165, 1.54) is 0 Å². The Morgan fingerprint density at radius 1 is 1.42 bits per heavy atom. The van der Waals surface area contributed by atoms with Gasteiger partial charge in [0.15, 0.2) is 0 Å². The number of carbonyl (C=O) groups is 1. The van der Waals surface area contributed by atoms with Gasteiger partial charge in [0.25, 0.3) is 5.91 Å². The van der Waals surface area contributed by atoms with Gasteiger partial charge in [0.1, 0.15) is 0 Å². The van der Waals surface area contributed by atoms with Crippen molar-refractivity contribution in [2.24, 2.45) is 0 Å². The number of nitrogen functional groups attached to an aromatic ring is 1. The lowest BCUT2D eigenvalue weighted by Gasteiger charge is -2.37. The zero-order valence-corrected chi connectivity index (χ0v) is 13.2. The Hall–Kier alpha value is -0.870. The molecule has 2 atom stereocenters. The number of hydrogen-bond donors (Lipinski definition) is 1. The van der Waals surface area contributed by atoms with Gasteiger partial charge in [0.05, 0.1) is 0 Å². The molecule has 1 fully saturated rings. The van der Waals surface area contributed by atoms with Crippen LogP contribution in [0.1, 0.15) is 29.8 Å². The molecule has 0 radical (unpaired) electrons. The predicted octanol–water partition coefficient (Wildman–Crippen LogP) is 2.97. The number of benzene rings is 1. The van der Waals surface area contributed by atoms with E-state index in [0.29, 0.717) is 10.9 Å². The summed E-state index contributed by atoms with van der Waals surface area (Å²) in [4.78, 5) is 14.6. The summed E-state index contributed by atoms with van der Waals surface area (Å²) >= 11 is 1.93. The van der Waals surface area contributed by atoms with Gasteiger partial charge in [-0.15, -0.1) is 12.4 Å². The fourth-order valence-corrected chi connectivity index (χ4v) is 3.34. The van der Waals surface area contributed by atoms with E-state index < -0.39 is 0 Å². The Morgan fingerprint density at radius 3 is 2.79 bits per heavy atom. The number of aryl methyl sites for hydroxylation is 1. The molecule has 1 aliphatic heterocycles. The SMILES string of the molecule is Cc1ccc(N)cc1C(=O)N1CCSC(C)C1C.Cl. The van der Waals surface area contributed by atoms with Crippen LogP contribution in [0.5, 0.6) is 0 Å². The van der Waals surface area contributed by atoms with E-state index in [9.17, 15) is 4.79 Å². The average molecular weight is 301 g/mol. The van der Waals surface area contributed by atoms with Crippen molar-refractivity contribution in [2.45, 2.75) is 32.1 Å². The van der Waals surface area contributed by atoms with Crippen molar-refractivity contribution in [3.8, 4) is 0 Å². The number of nitrogens with zero attached hydrogens (tertiary/aromatic N) is 1. The first-order valence-corrected chi connectivity index (χ1v) is 7.34. The standard InChI is InChI=1S/C14H20N2OS.ClH/c1-9-4-5-12(15)8-13(9)14(17)16-6-7-18-11(3)10(16)2;/h4-5,8,10-11H,6-7,15H2,1-3H3;1H.